The van der Waals surface area contributed by atoms with E-state index in [1.165, 1.54) is 6.08 Å². The molecule has 1 fully saturated rings. The van der Waals surface area contributed by atoms with Crippen molar-refractivity contribution in [2.24, 2.45) is 0 Å². The van der Waals surface area contributed by atoms with Crippen LogP contribution in [0.25, 0.3) is 6.08 Å². The molecule has 1 saturated heterocycles. The van der Waals surface area contributed by atoms with Crippen LogP contribution in [0, 0.1) is 11.3 Å². The normalized spacial score (nSPS) is 19.8. The molecule has 0 spiro atoms. The summed E-state index contributed by atoms with van der Waals surface area (Å²) in [5.74, 6) is 0.889. The van der Waals surface area contributed by atoms with Gasteiger partial charge in [0.25, 0.3) is 5.91 Å². The van der Waals surface area contributed by atoms with Gasteiger partial charge >= 0.3 is 0 Å². The Balaban J connectivity index is 1.67. The van der Waals surface area contributed by atoms with Crippen LogP contribution in [0.2, 0.25) is 0 Å². The van der Waals surface area contributed by atoms with Crippen molar-refractivity contribution >= 4 is 12.0 Å². The third-order valence-electron chi connectivity index (χ3n) is 3.59. The predicted octanol–water partition coefficient (Wildman–Crippen LogP) is 1.62. The van der Waals surface area contributed by atoms with E-state index in [4.69, 9.17) is 14.2 Å². The maximum absolute atomic E-state index is 12.1. The van der Waals surface area contributed by atoms with Crippen LogP contribution in [-0.4, -0.2) is 32.0 Å². The van der Waals surface area contributed by atoms with Gasteiger partial charge in [-0.25, -0.2) is 0 Å². The monoisotopic (exact) mass is 300 g/mol. The van der Waals surface area contributed by atoms with Crippen LogP contribution in [0.1, 0.15) is 18.4 Å². The molecule has 2 heterocycles. The quantitative estimate of drug-likeness (QED) is 0.675. The van der Waals surface area contributed by atoms with Gasteiger partial charge in [-0.3, -0.25) is 4.79 Å². The number of benzene rings is 1. The zero-order valence-electron chi connectivity index (χ0n) is 12.0. The van der Waals surface area contributed by atoms with Crippen molar-refractivity contribution in [2.75, 3.05) is 19.9 Å². The van der Waals surface area contributed by atoms with Crippen LogP contribution < -0.4 is 14.8 Å². The van der Waals surface area contributed by atoms with Crippen molar-refractivity contribution in [3.63, 3.8) is 0 Å². The topological polar surface area (TPSA) is 80.6 Å². The maximum Gasteiger partial charge on any atom is 0.262 e. The largest absolute Gasteiger partial charge is 0.454 e. The first-order valence-corrected chi connectivity index (χ1v) is 7.17. The lowest BCUT2D eigenvalue weighted by molar-refractivity contribution is -0.117. The maximum atomic E-state index is 12.1. The van der Waals surface area contributed by atoms with E-state index in [2.05, 4.69) is 5.32 Å². The molecule has 0 unspecified atom stereocenters. The molecule has 0 radical (unpaired) electrons. The van der Waals surface area contributed by atoms with Crippen LogP contribution in [0.3, 0.4) is 0 Å². The minimum atomic E-state index is -0.393. The van der Waals surface area contributed by atoms with E-state index in [1.54, 1.807) is 18.2 Å². The van der Waals surface area contributed by atoms with Crippen molar-refractivity contribution in [3.8, 4) is 17.6 Å². The van der Waals surface area contributed by atoms with Crippen LogP contribution >= 0.6 is 0 Å². The van der Waals surface area contributed by atoms with Gasteiger partial charge in [-0.2, -0.15) is 5.26 Å². The number of hydrogen-bond acceptors (Lipinski definition) is 5. The molecule has 2 aliphatic rings. The fourth-order valence-electron chi connectivity index (χ4n) is 2.43. The summed E-state index contributed by atoms with van der Waals surface area (Å²) in [6, 6.07) is 7.21. The molecular weight excluding hydrogens is 284 g/mol. The van der Waals surface area contributed by atoms with E-state index >= 15 is 0 Å². The lowest BCUT2D eigenvalue weighted by Gasteiger charge is -2.10. The van der Waals surface area contributed by atoms with Gasteiger partial charge in [0.15, 0.2) is 11.5 Å². The summed E-state index contributed by atoms with van der Waals surface area (Å²) in [6.07, 6.45) is 3.54. The first-order chi connectivity index (χ1) is 10.8. The molecule has 6 nitrogen and oxygen atoms in total. The number of carbonyl (C=O) groups excluding carboxylic acids is 1. The van der Waals surface area contributed by atoms with E-state index in [0.717, 1.165) is 19.4 Å². The van der Waals surface area contributed by atoms with Crippen molar-refractivity contribution in [2.45, 2.75) is 18.9 Å². The van der Waals surface area contributed by atoms with E-state index in [0.29, 0.717) is 23.6 Å². The number of carbonyl (C=O) groups is 1. The fraction of sp³-hybridized carbons (Fsp3) is 0.375. The molecule has 114 valence electrons. The Kier molecular flexibility index (Phi) is 4.26. The summed E-state index contributed by atoms with van der Waals surface area (Å²) in [6.45, 7) is 1.35. The average molecular weight is 300 g/mol. The SMILES string of the molecule is N#C/C(=C/c1ccc2c(c1)OCO2)C(=O)NC[C@@H]1CCCO1. The third kappa shape index (κ3) is 3.21. The van der Waals surface area contributed by atoms with Gasteiger partial charge in [0.1, 0.15) is 11.6 Å². The molecule has 0 aromatic heterocycles. The summed E-state index contributed by atoms with van der Waals surface area (Å²) in [5.41, 5.74) is 0.768. The molecule has 1 atom stereocenters. The predicted molar refractivity (Wildman–Crippen MR) is 78.1 cm³/mol. The Hall–Kier alpha value is -2.52. The highest BCUT2D eigenvalue weighted by atomic mass is 16.7. The molecule has 0 bridgehead atoms. The third-order valence-corrected chi connectivity index (χ3v) is 3.59. The van der Waals surface area contributed by atoms with Crippen molar-refractivity contribution in [1.82, 2.24) is 5.32 Å². The summed E-state index contributed by atoms with van der Waals surface area (Å²) in [5, 5.41) is 11.9. The van der Waals surface area contributed by atoms with Gasteiger partial charge in [-0.05, 0) is 36.6 Å². The molecule has 1 N–H and O–H groups in total. The highest BCUT2D eigenvalue weighted by Gasteiger charge is 2.18. The second-order valence-corrected chi connectivity index (χ2v) is 5.13. The smallest absolute Gasteiger partial charge is 0.262 e. The average Bonchev–Trinajstić information content (AvgIpc) is 3.20. The van der Waals surface area contributed by atoms with Crippen LogP contribution in [0.4, 0.5) is 0 Å². The zero-order valence-corrected chi connectivity index (χ0v) is 12.0. The highest BCUT2D eigenvalue weighted by molar-refractivity contribution is 6.01. The molecule has 22 heavy (non-hydrogen) atoms. The Morgan fingerprint density at radius 3 is 3.05 bits per heavy atom. The van der Waals surface area contributed by atoms with E-state index in [1.807, 2.05) is 6.07 Å². The van der Waals surface area contributed by atoms with Gasteiger partial charge in [-0.15, -0.1) is 0 Å². The number of nitrogens with one attached hydrogen (secondary N) is 1. The van der Waals surface area contributed by atoms with E-state index in [9.17, 15) is 10.1 Å². The number of amides is 1. The Morgan fingerprint density at radius 2 is 2.27 bits per heavy atom. The van der Waals surface area contributed by atoms with Gasteiger partial charge < -0.3 is 19.5 Å². The summed E-state index contributed by atoms with van der Waals surface area (Å²) in [4.78, 5) is 12.1. The fourth-order valence-corrected chi connectivity index (χ4v) is 2.43. The minimum Gasteiger partial charge on any atom is -0.454 e. The van der Waals surface area contributed by atoms with Crippen molar-refractivity contribution in [1.29, 1.82) is 5.26 Å². The van der Waals surface area contributed by atoms with E-state index < -0.39 is 5.91 Å². The van der Waals surface area contributed by atoms with Gasteiger partial charge in [0, 0.05) is 13.2 Å². The summed E-state index contributed by atoms with van der Waals surface area (Å²) < 4.78 is 15.9. The zero-order chi connectivity index (χ0) is 15.4. The molecule has 0 saturated carbocycles. The molecule has 2 aliphatic heterocycles. The van der Waals surface area contributed by atoms with Gasteiger partial charge in [-0.1, -0.05) is 6.07 Å². The molecular formula is C16H16N2O4. The summed E-state index contributed by atoms with van der Waals surface area (Å²) >= 11 is 0. The lowest BCUT2D eigenvalue weighted by Crippen LogP contribution is -2.32. The van der Waals surface area contributed by atoms with Gasteiger partial charge in [0.05, 0.1) is 6.10 Å². The number of nitriles is 1. The molecule has 1 aromatic carbocycles. The molecule has 3 rings (SSSR count). The molecule has 1 amide bonds. The Morgan fingerprint density at radius 1 is 1.41 bits per heavy atom. The number of fused-ring (bicyclic) bond motifs is 1. The number of ether oxygens (including phenoxy) is 3. The van der Waals surface area contributed by atoms with Gasteiger partial charge in [0.2, 0.25) is 6.79 Å². The van der Waals surface area contributed by atoms with Crippen molar-refractivity contribution in [3.05, 3.63) is 29.3 Å². The molecule has 1 aromatic rings. The Labute approximate surface area is 128 Å². The lowest BCUT2D eigenvalue weighted by atomic mass is 10.1. The van der Waals surface area contributed by atoms with Crippen LogP contribution in [-0.2, 0) is 9.53 Å². The van der Waals surface area contributed by atoms with Crippen LogP contribution in [0.5, 0.6) is 11.5 Å². The van der Waals surface area contributed by atoms with Crippen LogP contribution in [0.15, 0.2) is 23.8 Å². The Bertz CT molecular complexity index is 642. The molecule has 0 aliphatic carbocycles. The number of nitrogens with zero attached hydrogens (tertiary/aromatic N) is 1. The second kappa shape index (κ2) is 6.50. The second-order valence-electron chi connectivity index (χ2n) is 5.13. The minimum absolute atomic E-state index is 0.0504. The first-order valence-electron chi connectivity index (χ1n) is 7.17. The number of rotatable bonds is 4. The highest BCUT2D eigenvalue weighted by Crippen LogP contribution is 2.33. The van der Waals surface area contributed by atoms with E-state index in [-0.39, 0.29) is 18.5 Å². The number of hydrogen-bond donors (Lipinski definition) is 1. The molecule has 6 heteroatoms. The summed E-state index contributed by atoms with van der Waals surface area (Å²) in [7, 11) is 0. The standard InChI is InChI=1S/C16H16N2O4/c17-8-12(16(19)18-9-13-2-1-5-20-13)6-11-3-4-14-15(7-11)22-10-21-14/h3-4,6-7,13H,1-2,5,9-10H2,(H,18,19)/b12-6-/t13-/m0/s1. The first kappa shape index (κ1) is 14.4. The van der Waals surface area contributed by atoms with Crippen molar-refractivity contribution < 1.29 is 19.0 Å².